The lowest BCUT2D eigenvalue weighted by atomic mass is 10.1. The van der Waals surface area contributed by atoms with Gasteiger partial charge < -0.3 is 10.6 Å². The summed E-state index contributed by atoms with van der Waals surface area (Å²) >= 11 is 5.95. The Morgan fingerprint density at radius 3 is 2.85 bits per heavy atom. The number of nitrogens with one attached hydrogen (secondary N) is 2. The molecule has 0 unspecified atom stereocenters. The molecule has 2 amide bonds. The largest absolute Gasteiger partial charge is 0.355 e. The van der Waals surface area contributed by atoms with E-state index in [0.717, 1.165) is 12.0 Å². The molecule has 0 aliphatic heterocycles. The van der Waals surface area contributed by atoms with Gasteiger partial charge in [0.05, 0.1) is 0 Å². The fraction of sp³-hybridized carbons (Fsp3) is 0.467. The van der Waals surface area contributed by atoms with Gasteiger partial charge in [-0.3, -0.25) is 9.59 Å². The van der Waals surface area contributed by atoms with Gasteiger partial charge in [-0.15, -0.1) is 0 Å². The average Bonchev–Trinajstić information content (AvgIpc) is 3.19. The highest BCUT2D eigenvalue weighted by Gasteiger charge is 2.44. The van der Waals surface area contributed by atoms with E-state index < -0.39 is 6.04 Å². The standard InChI is InChI=1S/C15H19ClN2O2/c1-3-17-14(19)9(2)18-15(20)13-8-12(13)10-5-4-6-11(16)7-10/h4-7,9,12-13H,3,8H2,1-2H3,(H,17,19)(H,18,20)/t9-,12+,13-/m0/s1. The Balaban J connectivity index is 1.88. The number of hydrogen-bond acceptors (Lipinski definition) is 2. The van der Waals surface area contributed by atoms with Crippen molar-refractivity contribution in [1.82, 2.24) is 10.6 Å². The molecule has 1 aromatic rings. The van der Waals surface area contributed by atoms with Gasteiger partial charge in [0.1, 0.15) is 6.04 Å². The first kappa shape index (κ1) is 14.9. The molecule has 3 atom stereocenters. The molecular weight excluding hydrogens is 276 g/mol. The SMILES string of the molecule is CCNC(=O)[C@H](C)NC(=O)[C@H]1C[C@@H]1c1cccc(Cl)c1. The third kappa shape index (κ3) is 3.51. The predicted octanol–water partition coefficient (Wildman–Crippen LogP) is 2.08. The number of carbonyl (C=O) groups is 2. The first-order valence-electron chi connectivity index (χ1n) is 6.86. The molecule has 1 fully saturated rings. The molecule has 1 aromatic carbocycles. The second kappa shape index (κ2) is 6.27. The highest BCUT2D eigenvalue weighted by Crippen LogP contribution is 2.47. The fourth-order valence-corrected chi connectivity index (χ4v) is 2.50. The zero-order valence-electron chi connectivity index (χ0n) is 11.7. The number of carbonyl (C=O) groups excluding carboxylic acids is 2. The molecule has 1 aliphatic rings. The van der Waals surface area contributed by atoms with Crippen molar-refractivity contribution in [1.29, 1.82) is 0 Å². The van der Waals surface area contributed by atoms with Crippen molar-refractivity contribution >= 4 is 23.4 Å². The summed E-state index contributed by atoms with van der Waals surface area (Å²) in [5.41, 5.74) is 1.09. The fourth-order valence-electron chi connectivity index (χ4n) is 2.30. The summed E-state index contributed by atoms with van der Waals surface area (Å²) in [6, 6.07) is 7.09. The summed E-state index contributed by atoms with van der Waals surface area (Å²) in [4.78, 5) is 23.6. The van der Waals surface area contributed by atoms with E-state index in [1.54, 1.807) is 6.92 Å². The number of halogens is 1. The molecule has 0 bridgehead atoms. The van der Waals surface area contributed by atoms with Gasteiger partial charge in [-0.1, -0.05) is 23.7 Å². The van der Waals surface area contributed by atoms with Crippen LogP contribution < -0.4 is 10.6 Å². The van der Waals surface area contributed by atoms with Gasteiger partial charge in [-0.05, 0) is 43.9 Å². The first-order chi connectivity index (χ1) is 9.52. The Morgan fingerprint density at radius 1 is 1.45 bits per heavy atom. The van der Waals surface area contributed by atoms with Crippen LogP contribution in [0.25, 0.3) is 0 Å². The Morgan fingerprint density at radius 2 is 2.20 bits per heavy atom. The van der Waals surface area contributed by atoms with Gasteiger partial charge in [-0.25, -0.2) is 0 Å². The summed E-state index contributed by atoms with van der Waals surface area (Å²) in [6.07, 6.45) is 0.814. The number of benzene rings is 1. The van der Waals surface area contributed by atoms with Crippen LogP contribution in [-0.2, 0) is 9.59 Å². The smallest absolute Gasteiger partial charge is 0.242 e. The zero-order valence-corrected chi connectivity index (χ0v) is 12.4. The molecule has 5 heteroatoms. The topological polar surface area (TPSA) is 58.2 Å². The van der Waals surface area contributed by atoms with E-state index in [-0.39, 0.29) is 23.7 Å². The summed E-state index contributed by atoms with van der Waals surface area (Å²) in [6.45, 7) is 4.11. The van der Waals surface area contributed by atoms with Crippen molar-refractivity contribution in [3.05, 3.63) is 34.9 Å². The molecule has 0 radical (unpaired) electrons. The highest BCUT2D eigenvalue weighted by molar-refractivity contribution is 6.30. The molecule has 0 saturated heterocycles. The normalized spacial score (nSPS) is 21.9. The monoisotopic (exact) mass is 294 g/mol. The second-order valence-electron chi connectivity index (χ2n) is 5.13. The maximum atomic E-state index is 12.1. The molecule has 1 aliphatic carbocycles. The van der Waals surface area contributed by atoms with Crippen LogP contribution >= 0.6 is 11.6 Å². The van der Waals surface area contributed by atoms with E-state index in [9.17, 15) is 9.59 Å². The van der Waals surface area contributed by atoms with Crippen molar-refractivity contribution in [2.24, 2.45) is 5.92 Å². The van der Waals surface area contributed by atoms with Crippen LogP contribution in [0.2, 0.25) is 5.02 Å². The average molecular weight is 295 g/mol. The van der Waals surface area contributed by atoms with E-state index in [0.29, 0.717) is 11.6 Å². The number of amides is 2. The van der Waals surface area contributed by atoms with E-state index in [2.05, 4.69) is 10.6 Å². The van der Waals surface area contributed by atoms with E-state index in [4.69, 9.17) is 11.6 Å². The number of rotatable bonds is 5. The number of hydrogen-bond donors (Lipinski definition) is 2. The minimum atomic E-state index is -0.497. The van der Waals surface area contributed by atoms with Gasteiger partial charge in [0.25, 0.3) is 0 Å². The third-order valence-electron chi connectivity index (χ3n) is 3.51. The van der Waals surface area contributed by atoms with Gasteiger partial charge in [0, 0.05) is 17.5 Å². The molecule has 20 heavy (non-hydrogen) atoms. The van der Waals surface area contributed by atoms with E-state index in [1.165, 1.54) is 0 Å². The molecule has 4 nitrogen and oxygen atoms in total. The molecule has 1 saturated carbocycles. The molecule has 108 valence electrons. The van der Waals surface area contributed by atoms with Crippen molar-refractivity contribution in [3.63, 3.8) is 0 Å². The van der Waals surface area contributed by atoms with Crippen LogP contribution in [0, 0.1) is 5.92 Å². The molecule has 2 rings (SSSR count). The van der Waals surface area contributed by atoms with Gasteiger partial charge in [-0.2, -0.15) is 0 Å². The third-order valence-corrected chi connectivity index (χ3v) is 3.74. The van der Waals surface area contributed by atoms with Crippen LogP contribution in [0.3, 0.4) is 0 Å². The lowest BCUT2D eigenvalue weighted by Crippen LogP contribution is -2.45. The first-order valence-corrected chi connectivity index (χ1v) is 7.24. The Bertz CT molecular complexity index is 518. The Kier molecular flexibility index (Phi) is 4.65. The summed E-state index contributed by atoms with van der Waals surface area (Å²) in [5, 5.41) is 6.13. The zero-order chi connectivity index (χ0) is 14.7. The Labute approximate surface area is 123 Å². The summed E-state index contributed by atoms with van der Waals surface area (Å²) in [5.74, 6) is -0.0463. The van der Waals surface area contributed by atoms with Crippen molar-refractivity contribution in [3.8, 4) is 0 Å². The summed E-state index contributed by atoms with van der Waals surface area (Å²) in [7, 11) is 0. The van der Waals surface area contributed by atoms with Crippen LogP contribution in [0.1, 0.15) is 31.7 Å². The van der Waals surface area contributed by atoms with Gasteiger partial charge in [0.2, 0.25) is 11.8 Å². The summed E-state index contributed by atoms with van der Waals surface area (Å²) < 4.78 is 0. The molecular formula is C15H19ClN2O2. The van der Waals surface area contributed by atoms with Crippen LogP contribution in [0.15, 0.2) is 24.3 Å². The molecule has 0 heterocycles. The predicted molar refractivity (Wildman–Crippen MR) is 78.6 cm³/mol. The van der Waals surface area contributed by atoms with Crippen molar-refractivity contribution in [2.45, 2.75) is 32.2 Å². The second-order valence-corrected chi connectivity index (χ2v) is 5.56. The highest BCUT2D eigenvalue weighted by atomic mass is 35.5. The van der Waals surface area contributed by atoms with E-state index >= 15 is 0 Å². The minimum absolute atomic E-state index is 0.0506. The van der Waals surface area contributed by atoms with Crippen LogP contribution in [-0.4, -0.2) is 24.4 Å². The van der Waals surface area contributed by atoms with Crippen LogP contribution in [0.5, 0.6) is 0 Å². The van der Waals surface area contributed by atoms with Gasteiger partial charge in [0.15, 0.2) is 0 Å². The van der Waals surface area contributed by atoms with Gasteiger partial charge >= 0.3 is 0 Å². The quantitative estimate of drug-likeness (QED) is 0.873. The Hall–Kier alpha value is -1.55. The molecule has 0 aromatic heterocycles. The lowest BCUT2D eigenvalue weighted by Gasteiger charge is -2.13. The van der Waals surface area contributed by atoms with Crippen molar-refractivity contribution < 1.29 is 9.59 Å². The maximum absolute atomic E-state index is 12.1. The maximum Gasteiger partial charge on any atom is 0.242 e. The lowest BCUT2D eigenvalue weighted by molar-refractivity contribution is -0.129. The molecule has 2 N–H and O–H groups in total. The molecule has 0 spiro atoms. The number of likely N-dealkylation sites (N-methyl/N-ethyl adjacent to an activating group) is 1. The van der Waals surface area contributed by atoms with E-state index in [1.807, 2.05) is 31.2 Å². The van der Waals surface area contributed by atoms with Crippen molar-refractivity contribution in [2.75, 3.05) is 6.54 Å². The minimum Gasteiger partial charge on any atom is -0.355 e. The van der Waals surface area contributed by atoms with Crippen LogP contribution in [0.4, 0.5) is 0 Å².